The highest BCUT2D eigenvalue weighted by molar-refractivity contribution is 6.30. The van der Waals surface area contributed by atoms with Crippen LogP contribution >= 0.6 is 11.6 Å². The summed E-state index contributed by atoms with van der Waals surface area (Å²) in [6.07, 6.45) is -0.151. The smallest absolute Gasteiger partial charge is 0.265 e. The normalized spacial score (nSPS) is 11.6. The van der Waals surface area contributed by atoms with E-state index >= 15 is 0 Å². The van der Waals surface area contributed by atoms with E-state index in [-0.39, 0.29) is 5.91 Å². The quantitative estimate of drug-likeness (QED) is 0.852. The Labute approximate surface area is 139 Å². The molecule has 0 aliphatic heterocycles. The summed E-state index contributed by atoms with van der Waals surface area (Å²) < 4.78 is 5.67. The first-order valence-electron chi connectivity index (χ1n) is 7.12. The van der Waals surface area contributed by atoms with Crippen molar-refractivity contribution in [3.8, 4) is 5.75 Å². The fraction of sp³-hybridized carbons (Fsp3) is 0.176. The molecule has 2 aromatic carbocycles. The zero-order valence-corrected chi connectivity index (χ0v) is 13.3. The number of hydrogen-bond donors (Lipinski definition) is 2. The summed E-state index contributed by atoms with van der Waals surface area (Å²) in [5, 5.41) is 3.29. The van der Waals surface area contributed by atoms with Crippen LogP contribution in [0.15, 0.2) is 48.5 Å². The standard InChI is InChI=1S/C17H17ClN2O3/c1-2-15(23-14-5-3-4-12(18)10-14)17(22)20-13-8-6-11(7-9-13)16(19)21/h3-10,15H,2H2,1H3,(H2,19,21)(H,20,22)/t15-/m1/s1. The lowest BCUT2D eigenvalue weighted by atomic mass is 10.2. The molecule has 2 rings (SSSR count). The molecule has 0 fully saturated rings. The van der Waals surface area contributed by atoms with Gasteiger partial charge in [-0.2, -0.15) is 0 Å². The van der Waals surface area contributed by atoms with Crippen LogP contribution in [-0.4, -0.2) is 17.9 Å². The first-order valence-corrected chi connectivity index (χ1v) is 7.50. The van der Waals surface area contributed by atoms with Gasteiger partial charge in [0.2, 0.25) is 5.91 Å². The topological polar surface area (TPSA) is 81.4 Å². The van der Waals surface area contributed by atoms with Gasteiger partial charge in [0.1, 0.15) is 5.75 Å². The minimum Gasteiger partial charge on any atom is -0.481 e. The lowest BCUT2D eigenvalue weighted by Crippen LogP contribution is -2.32. The van der Waals surface area contributed by atoms with E-state index < -0.39 is 12.0 Å². The zero-order chi connectivity index (χ0) is 16.8. The number of nitrogens with one attached hydrogen (secondary N) is 1. The van der Waals surface area contributed by atoms with Crippen molar-refractivity contribution in [3.63, 3.8) is 0 Å². The number of anilines is 1. The fourth-order valence-corrected chi connectivity index (χ4v) is 2.15. The van der Waals surface area contributed by atoms with Crippen molar-refractivity contribution >= 4 is 29.1 Å². The molecule has 0 bridgehead atoms. The molecule has 1 atom stereocenters. The second-order valence-electron chi connectivity index (χ2n) is 4.90. The van der Waals surface area contributed by atoms with Crippen LogP contribution in [0.5, 0.6) is 5.75 Å². The van der Waals surface area contributed by atoms with Crippen LogP contribution in [0.1, 0.15) is 23.7 Å². The van der Waals surface area contributed by atoms with E-state index in [2.05, 4.69) is 5.32 Å². The van der Waals surface area contributed by atoms with Gasteiger partial charge in [-0.25, -0.2) is 0 Å². The average Bonchev–Trinajstić information content (AvgIpc) is 2.53. The number of hydrogen-bond acceptors (Lipinski definition) is 3. The number of carbonyl (C=O) groups is 2. The molecule has 0 aromatic heterocycles. The maximum absolute atomic E-state index is 12.3. The van der Waals surface area contributed by atoms with Gasteiger partial charge in [0.25, 0.3) is 5.91 Å². The Bertz CT molecular complexity index is 701. The molecule has 23 heavy (non-hydrogen) atoms. The molecule has 120 valence electrons. The second kappa shape index (κ2) is 7.65. The van der Waals surface area contributed by atoms with Gasteiger partial charge >= 0.3 is 0 Å². The highest BCUT2D eigenvalue weighted by atomic mass is 35.5. The van der Waals surface area contributed by atoms with E-state index in [1.165, 1.54) is 0 Å². The first kappa shape index (κ1) is 16.8. The van der Waals surface area contributed by atoms with Crippen molar-refractivity contribution in [1.82, 2.24) is 0 Å². The molecule has 0 saturated carbocycles. The number of benzene rings is 2. The van der Waals surface area contributed by atoms with E-state index in [1.807, 2.05) is 6.92 Å². The Balaban J connectivity index is 2.03. The van der Waals surface area contributed by atoms with Crippen molar-refractivity contribution in [2.24, 2.45) is 5.73 Å². The Kier molecular flexibility index (Phi) is 5.60. The maximum atomic E-state index is 12.3. The monoisotopic (exact) mass is 332 g/mol. The van der Waals surface area contributed by atoms with E-state index in [1.54, 1.807) is 48.5 Å². The molecule has 6 heteroatoms. The van der Waals surface area contributed by atoms with Gasteiger partial charge in [0, 0.05) is 16.3 Å². The lowest BCUT2D eigenvalue weighted by Gasteiger charge is -2.17. The number of ether oxygens (including phenoxy) is 1. The average molecular weight is 333 g/mol. The van der Waals surface area contributed by atoms with Crippen molar-refractivity contribution in [2.45, 2.75) is 19.4 Å². The molecule has 0 heterocycles. The van der Waals surface area contributed by atoms with Crippen LogP contribution in [0.2, 0.25) is 5.02 Å². The van der Waals surface area contributed by atoms with Crippen LogP contribution in [0.3, 0.4) is 0 Å². The molecule has 0 spiro atoms. The number of nitrogens with two attached hydrogens (primary N) is 1. The summed E-state index contributed by atoms with van der Waals surface area (Å²) in [7, 11) is 0. The highest BCUT2D eigenvalue weighted by Crippen LogP contribution is 2.20. The zero-order valence-electron chi connectivity index (χ0n) is 12.6. The Hall–Kier alpha value is -2.53. The van der Waals surface area contributed by atoms with Crippen LogP contribution < -0.4 is 15.8 Å². The molecule has 2 amide bonds. The summed E-state index contributed by atoms with van der Waals surface area (Å²) in [6.45, 7) is 1.85. The number of halogens is 1. The van der Waals surface area contributed by atoms with Crippen LogP contribution in [0.4, 0.5) is 5.69 Å². The summed E-state index contributed by atoms with van der Waals surface area (Å²) in [5.74, 6) is -0.263. The molecule has 3 N–H and O–H groups in total. The number of carbonyl (C=O) groups excluding carboxylic acids is 2. The molecule has 0 aliphatic carbocycles. The van der Waals surface area contributed by atoms with Gasteiger partial charge in [-0.15, -0.1) is 0 Å². The van der Waals surface area contributed by atoms with Crippen LogP contribution in [-0.2, 0) is 4.79 Å². The Morgan fingerprint density at radius 3 is 2.48 bits per heavy atom. The SMILES string of the molecule is CC[C@@H](Oc1cccc(Cl)c1)C(=O)Nc1ccc(C(N)=O)cc1. The summed E-state index contributed by atoms with van der Waals surface area (Å²) >= 11 is 5.90. The van der Waals surface area contributed by atoms with Crippen molar-refractivity contribution in [2.75, 3.05) is 5.32 Å². The minimum atomic E-state index is -0.649. The third-order valence-electron chi connectivity index (χ3n) is 3.17. The van der Waals surface area contributed by atoms with Crippen molar-refractivity contribution in [1.29, 1.82) is 0 Å². The third-order valence-corrected chi connectivity index (χ3v) is 3.41. The van der Waals surface area contributed by atoms with Gasteiger partial charge in [-0.3, -0.25) is 9.59 Å². The molecular weight excluding hydrogens is 316 g/mol. The molecule has 0 radical (unpaired) electrons. The van der Waals surface area contributed by atoms with E-state index in [0.717, 1.165) is 0 Å². The fourth-order valence-electron chi connectivity index (χ4n) is 1.97. The minimum absolute atomic E-state index is 0.278. The predicted octanol–water partition coefficient (Wildman–Crippen LogP) is 3.24. The molecule has 5 nitrogen and oxygen atoms in total. The maximum Gasteiger partial charge on any atom is 0.265 e. The van der Waals surface area contributed by atoms with Gasteiger partial charge < -0.3 is 15.8 Å². The van der Waals surface area contributed by atoms with Gasteiger partial charge in [0.05, 0.1) is 0 Å². The highest BCUT2D eigenvalue weighted by Gasteiger charge is 2.18. The van der Waals surface area contributed by atoms with Gasteiger partial charge in [0.15, 0.2) is 6.10 Å². The van der Waals surface area contributed by atoms with Crippen molar-refractivity contribution < 1.29 is 14.3 Å². The third kappa shape index (κ3) is 4.72. The molecule has 0 unspecified atom stereocenters. The van der Waals surface area contributed by atoms with Gasteiger partial charge in [-0.05, 0) is 48.9 Å². The Morgan fingerprint density at radius 1 is 1.22 bits per heavy atom. The van der Waals surface area contributed by atoms with Gasteiger partial charge in [-0.1, -0.05) is 24.6 Å². The van der Waals surface area contributed by atoms with E-state index in [4.69, 9.17) is 22.1 Å². The Morgan fingerprint density at radius 2 is 1.91 bits per heavy atom. The molecule has 0 aliphatic rings. The summed E-state index contributed by atoms with van der Waals surface area (Å²) in [6, 6.07) is 13.2. The number of amides is 2. The lowest BCUT2D eigenvalue weighted by molar-refractivity contribution is -0.122. The van der Waals surface area contributed by atoms with E-state index in [0.29, 0.717) is 28.4 Å². The van der Waals surface area contributed by atoms with Crippen LogP contribution in [0.25, 0.3) is 0 Å². The molecule has 0 saturated heterocycles. The molecule has 2 aromatic rings. The first-order chi connectivity index (χ1) is 11.0. The number of rotatable bonds is 6. The summed E-state index contributed by atoms with van der Waals surface area (Å²) in [5.41, 5.74) is 6.12. The summed E-state index contributed by atoms with van der Waals surface area (Å²) in [4.78, 5) is 23.3. The van der Waals surface area contributed by atoms with Crippen LogP contribution in [0, 0.1) is 0 Å². The van der Waals surface area contributed by atoms with E-state index in [9.17, 15) is 9.59 Å². The number of primary amides is 1. The largest absolute Gasteiger partial charge is 0.481 e. The predicted molar refractivity (Wildman–Crippen MR) is 89.7 cm³/mol. The molecular formula is C17H17ClN2O3. The second-order valence-corrected chi connectivity index (χ2v) is 5.34. The van der Waals surface area contributed by atoms with Crippen molar-refractivity contribution in [3.05, 3.63) is 59.1 Å².